The quantitative estimate of drug-likeness (QED) is 0.368. The molecule has 1 rings (SSSR count). The Morgan fingerprint density at radius 2 is 2.13 bits per heavy atom. The third-order valence-electron chi connectivity index (χ3n) is 3.38. The molecule has 0 fully saturated rings. The van der Waals surface area contributed by atoms with Gasteiger partial charge in [-0.3, -0.25) is 4.99 Å². The van der Waals surface area contributed by atoms with Gasteiger partial charge in [-0.05, 0) is 45.6 Å². The molecule has 1 heterocycles. The molecule has 23 heavy (non-hydrogen) atoms. The van der Waals surface area contributed by atoms with Gasteiger partial charge < -0.3 is 19.8 Å². The van der Waals surface area contributed by atoms with Crippen LogP contribution in [0.4, 0.5) is 0 Å². The van der Waals surface area contributed by atoms with E-state index >= 15 is 0 Å². The van der Waals surface area contributed by atoms with Gasteiger partial charge in [-0.25, -0.2) is 0 Å². The number of thioether (sulfide) groups is 1. The van der Waals surface area contributed by atoms with E-state index in [-0.39, 0.29) is 4.75 Å². The van der Waals surface area contributed by atoms with Crippen LogP contribution in [0.5, 0.6) is 0 Å². The van der Waals surface area contributed by atoms with Gasteiger partial charge in [0.05, 0.1) is 12.8 Å². The molecule has 1 aromatic rings. The highest BCUT2D eigenvalue weighted by molar-refractivity contribution is 7.99. The second-order valence-corrected chi connectivity index (χ2v) is 7.38. The summed E-state index contributed by atoms with van der Waals surface area (Å²) in [6.07, 6.45) is 5.64. The fraction of sp³-hybridized carbons (Fsp3) is 0.706. The molecule has 0 spiro atoms. The zero-order valence-electron chi connectivity index (χ0n) is 14.9. The number of nitrogens with zero attached hydrogens (tertiary/aromatic N) is 1. The summed E-state index contributed by atoms with van der Waals surface area (Å²) in [4.78, 5) is 4.71. The maximum atomic E-state index is 5.36. The normalized spacial score (nSPS) is 12.4. The molecule has 0 radical (unpaired) electrons. The van der Waals surface area contributed by atoms with Crippen LogP contribution in [-0.2, 0) is 11.2 Å². The van der Waals surface area contributed by atoms with E-state index in [1.165, 1.54) is 0 Å². The lowest BCUT2D eigenvalue weighted by Crippen LogP contribution is -2.40. The van der Waals surface area contributed by atoms with Gasteiger partial charge in [0.1, 0.15) is 5.76 Å². The third kappa shape index (κ3) is 9.56. The average Bonchev–Trinajstić information content (AvgIpc) is 3.05. The molecule has 132 valence electrons. The highest BCUT2D eigenvalue weighted by Gasteiger charge is 2.15. The highest BCUT2D eigenvalue weighted by atomic mass is 32.2. The Hall–Kier alpha value is -1.14. The van der Waals surface area contributed by atoms with Crippen molar-refractivity contribution in [3.05, 3.63) is 24.2 Å². The summed E-state index contributed by atoms with van der Waals surface area (Å²) in [5, 5.41) is 6.75. The summed E-state index contributed by atoms with van der Waals surface area (Å²) in [6, 6.07) is 3.90. The van der Waals surface area contributed by atoms with E-state index in [2.05, 4.69) is 30.7 Å². The number of aliphatic imine (C=N–C) groups is 1. The van der Waals surface area contributed by atoms with E-state index in [9.17, 15) is 0 Å². The largest absolute Gasteiger partial charge is 0.469 e. The average molecular weight is 342 g/mol. The van der Waals surface area contributed by atoms with Crippen molar-refractivity contribution in [3.63, 3.8) is 0 Å². The van der Waals surface area contributed by atoms with Crippen molar-refractivity contribution < 1.29 is 9.15 Å². The van der Waals surface area contributed by atoms with Gasteiger partial charge in [0.15, 0.2) is 5.96 Å². The molecule has 5 nitrogen and oxygen atoms in total. The third-order valence-corrected chi connectivity index (χ3v) is 4.61. The van der Waals surface area contributed by atoms with Crippen molar-refractivity contribution in [2.45, 2.75) is 38.4 Å². The molecule has 0 aromatic carbocycles. The minimum absolute atomic E-state index is 0.140. The molecule has 2 N–H and O–H groups in total. The second kappa shape index (κ2) is 11.4. The fourth-order valence-corrected chi connectivity index (χ4v) is 1.99. The molecule has 0 bridgehead atoms. The molecule has 0 saturated heterocycles. The van der Waals surface area contributed by atoms with E-state index < -0.39 is 0 Å². The standard InChI is InChI=1S/C17H31N3O2S/c1-5-21-12-7-10-18-16(20-14-17(2,3)23-4)19-11-9-15-8-6-13-22-15/h6,8,13H,5,7,9-12,14H2,1-4H3,(H2,18,19,20). The summed E-state index contributed by atoms with van der Waals surface area (Å²) < 4.78 is 10.9. The predicted octanol–water partition coefficient (Wildman–Crippen LogP) is 2.93. The lowest BCUT2D eigenvalue weighted by Gasteiger charge is -2.20. The van der Waals surface area contributed by atoms with Crippen LogP contribution in [0.1, 0.15) is 33.0 Å². The summed E-state index contributed by atoms with van der Waals surface area (Å²) in [7, 11) is 0. The molecule has 1 aromatic heterocycles. The van der Waals surface area contributed by atoms with Gasteiger partial charge in [0, 0.05) is 37.5 Å². The molecular weight excluding hydrogens is 310 g/mol. The van der Waals surface area contributed by atoms with Gasteiger partial charge in [0.25, 0.3) is 0 Å². The number of guanidine groups is 1. The van der Waals surface area contributed by atoms with Crippen LogP contribution in [0.15, 0.2) is 27.8 Å². The fourth-order valence-electron chi connectivity index (χ4n) is 1.79. The first-order chi connectivity index (χ1) is 11.1. The number of hydrogen-bond acceptors (Lipinski definition) is 4. The number of nitrogens with one attached hydrogen (secondary N) is 2. The van der Waals surface area contributed by atoms with Crippen LogP contribution in [0, 0.1) is 0 Å². The maximum absolute atomic E-state index is 5.36. The van der Waals surface area contributed by atoms with Crippen LogP contribution >= 0.6 is 11.8 Å². The molecule has 0 aliphatic rings. The van der Waals surface area contributed by atoms with Crippen molar-refractivity contribution in [3.8, 4) is 0 Å². The first-order valence-corrected chi connectivity index (χ1v) is 9.47. The number of ether oxygens (including phenoxy) is 1. The Morgan fingerprint density at radius 3 is 2.78 bits per heavy atom. The monoisotopic (exact) mass is 341 g/mol. The van der Waals surface area contributed by atoms with E-state index in [0.29, 0.717) is 0 Å². The summed E-state index contributed by atoms with van der Waals surface area (Å²) in [6.45, 7) is 10.4. The first kappa shape index (κ1) is 19.9. The van der Waals surface area contributed by atoms with Gasteiger partial charge in [-0.15, -0.1) is 0 Å². The lowest BCUT2D eigenvalue weighted by molar-refractivity contribution is 0.145. The van der Waals surface area contributed by atoms with Gasteiger partial charge in [0.2, 0.25) is 0 Å². The number of furan rings is 1. The van der Waals surface area contributed by atoms with Gasteiger partial charge in [-0.1, -0.05) is 0 Å². The Morgan fingerprint density at radius 1 is 1.35 bits per heavy atom. The SMILES string of the molecule is CCOCCCNC(=NCC(C)(C)SC)NCCc1ccco1. The molecular formula is C17H31N3O2S. The molecule has 0 saturated carbocycles. The van der Waals surface area contributed by atoms with Crippen LogP contribution in [-0.4, -0.2) is 49.8 Å². The zero-order chi connectivity index (χ0) is 17.0. The van der Waals surface area contributed by atoms with Crippen LogP contribution in [0.25, 0.3) is 0 Å². The van der Waals surface area contributed by atoms with Crippen molar-refractivity contribution >= 4 is 17.7 Å². The van der Waals surface area contributed by atoms with Crippen LogP contribution in [0.2, 0.25) is 0 Å². The van der Waals surface area contributed by atoms with E-state index in [1.807, 2.05) is 30.8 Å². The number of rotatable bonds is 11. The molecule has 0 aliphatic heterocycles. The Balaban J connectivity index is 2.41. The van der Waals surface area contributed by atoms with E-state index in [4.69, 9.17) is 14.1 Å². The summed E-state index contributed by atoms with van der Waals surface area (Å²) >= 11 is 1.83. The van der Waals surface area contributed by atoms with Crippen LogP contribution < -0.4 is 10.6 Å². The Labute approximate surface area is 144 Å². The maximum Gasteiger partial charge on any atom is 0.191 e. The molecule has 0 amide bonds. The minimum atomic E-state index is 0.140. The van der Waals surface area contributed by atoms with Crippen LogP contribution in [0.3, 0.4) is 0 Å². The molecule has 6 heteroatoms. The molecule has 0 atom stereocenters. The van der Waals surface area contributed by atoms with E-state index in [1.54, 1.807) is 6.26 Å². The highest BCUT2D eigenvalue weighted by Crippen LogP contribution is 2.20. The van der Waals surface area contributed by atoms with Gasteiger partial charge in [-0.2, -0.15) is 11.8 Å². The smallest absolute Gasteiger partial charge is 0.191 e. The van der Waals surface area contributed by atoms with Crippen molar-refractivity contribution in [2.75, 3.05) is 39.1 Å². The Kier molecular flexibility index (Phi) is 9.87. The van der Waals surface area contributed by atoms with Crippen molar-refractivity contribution in [2.24, 2.45) is 4.99 Å². The topological polar surface area (TPSA) is 58.8 Å². The first-order valence-electron chi connectivity index (χ1n) is 8.25. The van der Waals surface area contributed by atoms with E-state index in [0.717, 1.165) is 57.4 Å². The molecule has 0 aliphatic carbocycles. The summed E-state index contributed by atoms with van der Waals surface area (Å²) in [5.41, 5.74) is 0. The Bertz CT molecular complexity index is 433. The summed E-state index contributed by atoms with van der Waals surface area (Å²) in [5.74, 6) is 1.84. The molecule has 0 unspecified atom stereocenters. The zero-order valence-corrected chi connectivity index (χ0v) is 15.7. The van der Waals surface area contributed by atoms with Crippen molar-refractivity contribution in [1.29, 1.82) is 0 Å². The minimum Gasteiger partial charge on any atom is -0.469 e. The lowest BCUT2D eigenvalue weighted by atomic mass is 10.2. The second-order valence-electron chi connectivity index (χ2n) is 5.86. The van der Waals surface area contributed by atoms with Crippen molar-refractivity contribution in [1.82, 2.24) is 10.6 Å². The predicted molar refractivity (Wildman–Crippen MR) is 99.4 cm³/mol. The van der Waals surface area contributed by atoms with Gasteiger partial charge >= 0.3 is 0 Å². The number of hydrogen-bond donors (Lipinski definition) is 2.